The molecule has 1 aliphatic carbocycles. The highest BCUT2D eigenvalue weighted by molar-refractivity contribution is 7.86. The van der Waals surface area contributed by atoms with Gasteiger partial charge in [0.05, 0.1) is 11.0 Å². The molecule has 216 valence electrons. The SMILES string of the molecule is N=S1CCCCNc2nc(ncc2-c2ccc(NC(=O)C3(c4ccccc4C(F)(F)F)CC3)cc2)Nc2cccc1c2. The van der Waals surface area contributed by atoms with E-state index in [-0.39, 0.29) is 5.56 Å². The predicted octanol–water partition coefficient (Wildman–Crippen LogP) is 7.52. The molecule has 11 heteroatoms. The van der Waals surface area contributed by atoms with Crippen LogP contribution in [0, 0.1) is 4.78 Å². The van der Waals surface area contributed by atoms with Crippen LogP contribution in [-0.4, -0.2) is 28.2 Å². The lowest BCUT2D eigenvalue weighted by Gasteiger charge is -2.21. The van der Waals surface area contributed by atoms with E-state index in [0.717, 1.165) is 46.4 Å². The van der Waals surface area contributed by atoms with Crippen molar-refractivity contribution in [2.24, 2.45) is 0 Å². The minimum Gasteiger partial charge on any atom is -0.369 e. The first-order chi connectivity index (χ1) is 20.2. The van der Waals surface area contributed by atoms with E-state index < -0.39 is 33.8 Å². The monoisotopic (exact) mass is 590 g/mol. The molecule has 0 saturated heterocycles. The zero-order valence-corrected chi connectivity index (χ0v) is 23.4. The Morgan fingerprint density at radius 1 is 1.00 bits per heavy atom. The highest BCUT2D eigenvalue weighted by Crippen LogP contribution is 2.52. The molecule has 7 nitrogen and oxygen atoms in total. The highest BCUT2D eigenvalue weighted by Gasteiger charge is 2.54. The van der Waals surface area contributed by atoms with E-state index in [1.807, 2.05) is 36.4 Å². The lowest BCUT2D eigenvalue weighted by Crippen LogP contribution is -2.30. The molecule has 1 saturated carbocycles. The molecule has 2 aliphatic rings. The van der Waals surface area contributed by atoms with Gasteiger partial charge in [-0.1, -0.05) is 47.1 Å². The second-order valence-electron chi connectivity index (χ2n) is 10.5. The molecule has 42 heavy (non-hydrogen) atoms. The van der Waals surface area contributed by atoms with Crippen LogP contribution in [0.4, 0.5) is 36.3 Å². The first-order valence-electron chi connectivity index (χ1n) is 13.7. The smallest absolute Gasteiger partial charge is 0.369 e. The minimum atomic E-state index is -4.53. The molecule has 2 heterocycles. The maximum Gasteiger partial charge on any atom is 0.416 e. The van der Waals surface area contributed by atoms with Crippen molar-refractivity contribution in [3.63, 3.8) is 0 Å². The van der Waals surface area contributed by atoms with Gasteiger partial charge < -0.3 is 16.0 Å². The molecular formula is C31H29F3N6OS. The van der Waals surface area contributed by atoms with Crippen LogP contribution >= 0.6 is 0 Å². The largest absolute Gasteiger partial charge is 0.416 e. The van der Waals surface area contributed by atoms with Gasteiger partial charge >= 0.3 is 6.18 Å². The van der Waals surface area contributed by atoms with Crippen LogP contribution in [0.1, 0.15) is 36.8 Å². The summed E-state index contributed by atoms with van der Waals surface area (Å²) in [5.74, 6) is 1.44. The number of nitrogens with zero attached hydrogens (tertiary/aromatic N) is 2. The number of carbonyl (C=O) groups excluding carboxylic acids is 1. The summed E-state index contributed by atoms with van der Waals surface area (Å²) in [7, 11) is -0.586. The lowest BCUT2D eigenvalue weighted by molar-refractivity contribution is -0.138. The van der Waals surface area contributed by atoms with Crippen LogP contribution < -0.4 is 16.0 Å². The summed E-state index contributed by atoms with van der Waals surface area (Å²) in [6.45, 7) is 0.688. The second kappa shape index (κ2) is 11.2. The molecule has 3 aromatic carbocycles. The van der Waals surface area contributed by atoms with Gasteiger partial charge in [0, 0.05) is 40.3 Å². The fourth-order valence-electron chi connectivity index (χ4n) is 5.22. The van der Waals surface area contributed by atoms with Gasteiger partial charge in [0.25, 0.3) is 0 Å². The van der Waals surface area contributed by atoms with E-state index in [1.165, 1.54) is 12.1 Å². The number of hydrogen-bond acceptors (Lipinski definition) is 6. The Morgan fingerprint density at radius 3 is 2.55 bits per heavy atom. The molecule has 1 aliphatic heterocycles. The van der Waals surface area contributed by atoms with Crippen molar-refractivity contribution in [3.8, 4) is 11.1 Å². The molecule has 1 atom stereocenters. The molecule has 1 unspecified atom stereocenters. The average molecular weight is 591 g/mol. The number of amides is 1. The number of aromatic nitrogens is 2. The first kappa shape index (κ1) is 27.9. The summed E-state index contributed by atoms with van der Waals surface area (Å²) in [6.07, 6.45) is -0.269. The Bertz CT molecular complexity index is 1650. The van der Waals surface area contributed by atoms with Gasteiger partial charge in [-0.15, -0.1) is 0 Å². The van der Waals surface area contributed by atoms with Crippen molar-refractivity contribution in [2.45, 2.75) is 42.2 Å². The number of benzene rings is 3. The van der Waals surface area contributed by atoms with Crippen molar-refractivity contribution in [1.82, 2.24) is 9.97 Å². The Balaban J connectivity index is 1.22. The van der Waals surface area contributed by atoms with Crippen LogP contribution in [0.25, 0.3) is 11.1 Å². The second-order valence-corrected chi connectivity index (χ2v) is 12.2. The molecule has 4 N–H and O–H groups in total. The molecule has 0 spiro atoms. The molecule has 6 rings (SSSR count). The van der Waals surface area contributed by atoms with Crippen LogP contribution in [-0.2, 0) is 27.1 Å². The number of halogens is 3. The fourth-order valence-corrected chi connectivity index (χ4v) is 6.46. The van der Waals surface area contributed by atoms with E-state index in [0.29, 0.717) is 36.8 Å². The number of nitrogens with one attached hydrogen (secondary N) is 4. The van der Waals surface area contributed by atoms with Gasteiger partial charge in [-0.2, -0.15) is 18.2 Å². The summed E-state index contributed by atoms with van der Waals surface area (Å²) < 4.78 is 49.4. The summed E-state index contributed by atoms with van der Waals surface area (Å²) >= 11 is 0. The summed E-state index contributed by atoms with van der Waals surface area (Å²) in [5, 5.41) is 9.48. The molecule has 1 fully saturated rings. The van der Waals surface area contributed by atoms with Crippen LogP contribution in [0.3, 0.4) is 0 Å². The van der Waals surface area contributed by atoms with Gasteiger partial charge in [0.15, 0.2) is 0 Å². The zero-order chi connectivity index (χ0) is 29.3. The van der Waals surface area contributed by atoms with Gasteiger partial charge in [-0.25, -0.2) is 4.98 Å². The molecule has 1 aromatic heterocycles. The van der Waals surface area contributed by atoms with Crippen LogP contribution in [0.2, 0.25) is 0 Å². The number of fused-ring (bicyclic) bond motifs is 4. The Morgan fingerprint density at radius 2 is 1.79 bits per heavy atom. The van der Waals surface area contributed by atoms with Gasteiger partial charge in [0.1, 0.15) is 5.82 Å². The predicted molar refractivity (Wildman–Crippen MR) is 159 cm³/mol. The quantitative estimate of drug-likeness (QED) is 0.197. The van der Waals surface area contributed by atoms with E-state index in [2.05, 4.69) is 20.9 Å². The first-order valence-corrected chi connectivity index (χ1v) is 15.1. The molecule has 4 bridgehead atoms. The summed E-state index contributed by atoms with van der Waals surface area (Å²) in [5.41, 5.74) is 0.998. The van der Waals surface area contributed by atoms with Crippen molar-refractivity contribution < 1.29 is 18.0 Å². The minimum absolute atomic E-state index is 0.0222. The third kappa shape index (κ3) is 5.74. The van der Waals surface area contributed by atoms with Crippen LogP contribution in [0.5, 0.6) is 0 Å². The molecule has 1 amide bonds. The Hall–Kier alpha value is -4.25. The fraction of sp³-hybridized carbons (Fsp3) is 0.258. The maximum atomic E-state index is 13.6. The van der Waals surface area contributed by atoms with E-state index in [4.69, 9.17) is 9.76 Å². The average Bonchev–Trinajstić information content (AvgIpc) is 3.79. The van der Waals surface area contributed by atoms with Crippen molar-refractivity contribution >= 4 is 39.7 Å². The van der Waals surface area contributed by atoms with E-state index >= 15 is 0 Å². The summed E-state index contributed by atoms with van der Waals surface area (Å²) in [6, 6.07) is 20.3. The van der Waals surface area contributed by atoms with Crippen LogP contribution in [0.15, 0.2) is 83.9 Å². The Labute approximate surface area is 243 Å². The standard InChI is InChI=1S/C31H29F3N6OS/c32-31(33,34)26-9-2-1-8-25(26)30(14-15-30)28(41)38-21-12-10-20(11-13-21)24-19-37-29-39-22-6-5-7-23(18-22)42(35)17-4-3-16-36-27(24)40-29/h1-2,5-13,18-19,35H,3-4,14-17H2,(H,38,41)(H2,36,37,39,40). The number of anilines is 4. The van der Waals surface area contributed by atoms with Gasteiger partial charge in [0.2, 0.25) is 11.9 Å². The molecule has 0 radical (unpaired) electrons. The number of hydrogen-bond donors (Lipinski definition) is 4. The van der Waals surface area contributed by atoms with Crippen molar-refractivity contribution in [3.05, 3.63) is 90.1 Å². The zero-order valence-electron chi connectivity index (χ0n) is 22.6. The van der Waals surface area contributed by atoms with Gasteiger partial charge in [-0.3, -0.25) is 9.57 Å². The summed E-state index contributed by atoms with van der Waals surface area (Å²) in [4.78, 5) is 23.5. The van der Waals surface area contributed by atoms with E-state index in [9.17, 15) is 18.0 Å². The van der Waals surface area contributed by atoms with Crippen molar-refractivity contribution in [2.75, 3.05) is 28.2 Å². The number of alkyl halides is 3. The Kier molecular flexibility index (Phi) is 7.44. The topological polar surface area (TPSA) is 103 Å². The third-order valence-electron chi connectivity index (χ3n) is 7.62. The van der Waals surface area contributed by atoms with Crippen molar-refractivity contribution in [1.29, 1.82) is 4.78 Å². The molecule has 4 aromatic rings. The van der Waals surface area contributed by atoms with E-state index in [1.54, 1.807) is 24.4 Å². The normalized spacial score (nSPS) is 17.8. The molecular weight excluding hydrogens is 561 g/mol. The third-order valence-corrected chi connectivity index (χ3v) is 9.14. The van der Waals surface area contributed by atoms with Gasteiger partial charge in [-0.05, 0) is 73.2 Å². The number of rotatable bonds is 4. The lowest BCUT2D eigenvalue weighted by atomic mass is 9.90. The highest BCUT2D eigenvalue weighted by atomic mass is 32.2. The number of carbonyl (C=O) groups is 1. The maximum absolute atomic E-state index is 13.6.